The van der Waals surface area contributed by atoms with Crippen LogP contribution in [0, 0.1) is 0 Å². The van der Waals surface area contributed by atoms with Crippen molar-refractivity contribution >= 4 is 16.9 Å². The average molecular weight is 259 g/mol. The second kappa shape index (κ2) is 4.21. The summed E-state index contributed by atoms with van der Waals surface area (Å²) in [5, 5.41) is 1.74. The summed E-state index contributed by atoms with van der Waals surface area (Å²) in [6.07, 6.45) is -4.90. The normalized spacial score (nSPS) is 11.7. The van der Waals surface area contributed by atoms with E-state index in [1.165, 1.54) is 12.1 Å². The average Bonchev–Trinajstić information content (AvgIpc) is 2.63. The Balaban J connectivity index is 2.13. The Morgan fingerprint density at radius 3 is 2.56 bits per heavy atom. The van der Waals surface area contributed by atoms with Gasteiger partial charge in [-0.1, -0.05) is 6.07 Å². The van der Waals surface area contributed by atoms with Crippen molar-refractivity contribution in [2.75, 3.05) is 0 Å². The Kier molecular flexibility index (Phi) is 2.85. The van der Waals surface area contributed by atoms with Gasteiger partial charge in [-0.15, -0.1) is 0 Å². The predicted octanol–water partition coefficient (Wildman–Crippen LogP) is 1.03. The summed E-state index contributed by atoms with van der Waals surface area (Å²) in [5.74, 6) is -2.00. The molecule has 2 aromatic rings. The molecule has 1 aromatic heterocycles. The first-order chi connectivity index (χ1) is 8.36. The van der Waals surface area contributed by atoms with Crippen LogP contribution in [0.25, 0.3) is 11.0 Å². The molecule has 0 atom stereocenters. The first-order valence-corrected chi connectivity index (χ1v) is 4.92. The Morgan fingerprint density at radius 2 is 1.89 bits per heavy atom. The zero-order chi connectivity index (χ0) is 13.3. The van der Waals surface area contributed by atoms with Crippen molar-refractivity contribution in [2.45, 2.75) is 12.7 Å². The molecule has 0 aliphatic rings. The van der Waals surface area contributed by atoms with Crippen molar-refractivity contribution in [2.24, 2.45) is 0 Å². The van der Waals surface area contributed by atoms with Gasteiger partial charge in [-0.2, -0.15) is 13.2 Å². The Labute approximate surface area is 98.0 Å². The SMILES string of the molecule is O=C(NCc1ccc2[nH]c(=O)[nH]c2c1)C(F)(F)F. The number of benzene rings is 1. The van der Waals surface area contributed by atoms with Gasteiger partial charge in [0.05, 0.1) is 11.0 Å². The Morgan fingerprint density at radius 1 is 1.22 bits per heavy atom. The maximum absolute atomic E-state index is 11.9. The second-order valence-electron chi connectivity index (χ2n) is 3.64. The molecule has 0 radical (unpaired) electrons. The molecule has 0 fully saturated rings. The molecule has 2 rings (SSSR count). The highest BCUT2D eigenvalue weighted by Crippen LogP contribution is 2.15. The first-order valence-electron chi connectivity index (χ1n) is 4.92. The molecule has 0 bridgehead atoms. The fourth-order valence-electron chi connectivity index (χ4n) is 1.47. The lowest BCUT2D eigenvalue weighted by Gasteiger charge is -2.07. The largest absolute Gasteiger partial charge is 0.471 e. The van der Waals surface area contributed by atoms with Gasteiger partial charge in [0.15, 0.2) is 0 Å². The standard InChI is InChI=1S/C10H8F3N3O2/c11-10(12,13)8(17)14-4-5-1-2-6-7(3-5)16-9(18)15-6/h1-3H,4H2,(H,14,17)(H2,15,16,18). The van der Waals surface area contributed by atoms with E-state index in [1.54, 1.807) is 11.4 Å². The van der Waals surface area contributed by atoms with Crippen molar-refractivity contribution in [3.8, 4) is 0 Å². The second-order valence-corrected chi connectivity index (χ2v) is 3.64. The highest BCUT2D eigenvalue weighted by atomic mass is 19.4. The number of alkyl halides is 3. The molecule has 0 aliphatic carbocycles. The number of halogens is 3. The number of fused-ring (bicyclic) bond motifs is 1. The van der Waals surface area contributed by atoms with Crippen LogP contribution in [0.15, 0.2) is 23.0 Å². The summed E-state index contributed by atoms with van der Waals surface area (Å²) in [6.45, 7) is -0.262. The monoisotopic (exact) mass is 259 g/mol. The van der Waals surface area contributed by atoms with Gasteiger partial charge < -0.3 is 15.3 Å². The van der Waals surface area contributed by atoms with Gasteiger partial charge in [0.25, 0.3) is 0 Å². The molecule has 18 heavy (non-hydrogen) atoms. The predicted molar refractivity (Wildman–Crippen MR) is 56.8 cm³/mol. The fraction of sp³-hybridized carbons (Fsp3) is 0.200. The summed E-state index contributed by atoms with van der Waals surface area (Å²) in [6, 6.07) is 4.55. The van der Waals surface area contributed by atoms with Crippen LogP contribution in [0.2, 0.25) is 0 Å². The van der Waals surface area contributed by atoms with E-state index in [2.05, 4.69) is 9.97 Å². The molecular formula is C10H8F3N3O2. The summed E-state index contributed by atoms with van der Waals surface area (Å²) >= 11 is 0. The van der Waals surface area contributed by atoms with E-state index in [1.807, 2.05) is 0 Å². The third-order valence-corrected chi connectivity index (χ3v) is 2.29. The molecule has 8 heteroatoms. The number of carbonyl (C=O) groups is 1. The first kappa shape index (κ1) is 12.2. The zero-order valence-electron chi connectivity index (χ0n) is 8.89. The molecular weight excluding hydrogens is 251 g/mol. The van der Waals surface area contributed by atoms with Crippen molar-refractivity contribution in [3.05, 3.63) is 34.2 Å². The van der Waals surface area contributed by atoms with Gasteiger partial charge in [0.2, 0.25) is 0 Å². The van der Waals surface area contributed by atoms with Gasteiger partial charge in [0.1, 0.15) is 0 Å². The third-order valence-electron chi connectivity index (χ3n) is 2.29. The van der Waals surface area contributed by atoms with Crippen LogP contribution in [-0.4, -0.2) is 22.1 Å². The van der Waals surface area contributed by atoms with E-state index in [0.29, 0.717) is 16.6 Å². The van der Waals surface area contributed by atoms with Crippen LogP contribution in [0.3, 0.4) is 0 Å². The number of aromatic amines is 2. The lowest BCUT2D eigenvalue weighted by atomic mass is 10.2. The van der Waals surface area contributed by atoms with E-state index in [-0.39, 0.29) is 6.54 Å². The molecule has 3 N–H and O–H groups in total. The fourth-order valence-corrected chi connectivity index (χ4v) is 1.47. The van der Waals surface area contributed by atoms with E-state index in [0.717, 1.165) is 0 Å². The quantitative estimate of drug-likeness (QED) is 0.753. The van der Waals surface area contributed by atoms with E-state index in [4.69, 9.17) is 0 Å². The lowest BCUT2D eigenvalue weighted by Crippen LogP contribution is -2.36. The summed E-state index contributed by atoms with van der Waals surface area (Å²) in [7, 11) is 0. The number of aromatic nitrogens is 2. The van der Waals surface area contributed by atoms with Crippen LogP contribution in [-0.2, 0) is 11.3 Å². The maximum atomic E-state index is 11.9. The molecule has 0 spiro atoms. The molecule has 0 unspecified atom stereocenters. The minimum Gasteiger partial charge on any atom is -0.344 e. The Bertz CT molecular complexity index is 642. The van der Waals surface area contributed by atoms with E-state index >= 15 is 0 Å². The van der Waals surface area contributed by atoms with Gasteiger partial charge >= 0.3 is 17.8 Å². The molecule has 0 saturated heterocycles. The summed E-state index contributed by atoms with van der Waals surface area (Å²) in [5.41, 5.74) is 1.07. The van der Waals surface area contributed by atoms with Gasteiger partial charge in [-0.25, -0.2) is 4.79 Å². The molecule has 1 aromatic carbocycles. The highest BCUT2D eigenvalue weighted by Gasteiger charge is 2.38. The number of hydrogen-bond acceptors (Lipinski definition) is 2. The van der Waals surface area contributed by atoms with E-state index in [9.17, 15) is 22.8 Å². The maximum Gasteiger partial charge on any atom is 0.471 e. The van der Waals surface area contributed by atoms with Crippen molar-refractivity contribution in [1.82, 2.24) is 15.3 Å². The highest BCUT2D eigenvalue weighted by molar-refractivity contribution is 5.81. The molecule has 5 nitrogen and oxygen atoms in total. The van der Waals surface area contributed by atoms with E-state index < -0.39 is 17.8 Å². The van der Waals surface area contributed by atoms with Crippen LogP contribution in [0.4, 0.5) is 13.2 Å². The number of nitrogens with one attached hydrogen (secondary N) is 3. The number of imidazole rings is 1. The summed E-state index contributed by atoms with van der Waals surface area (Å²) in [4.78, 5) is 26.5. The van der Waals surface area contributed by atoms with Crippen LogP contribution in [0.1, 0.15) is 5.56 Å². The number of hydrogen-bond donors (Lipinski definition) is 3. The van der Waals surface area contributed by atoms with Gasteiger partial charge in [-0.05, 0) is 17.7 Å². The van der Waals surface area contributed by atoms with Gasteiger partial charge in [-0.3, -0.25) is 4.79 Å². The lowest BCUT2D eigenvalue weighted by molar-refractivity contribution is -0.173. The smallest absolute Gasteiger partial charge is 0.344 e. The number of carbonyl (C=O) groups excluding carboxylic acids is 1. The summed E-state index contributed by atoms with van der Waals surface area (Å²) < 4.78 is 35.8. The number of amides is 1. The Hall–Kier alpha value is -2.25. The van der Waals surface area contributed by atoms with Gasteiger partial charge in [0, 0.05) is 6.54 Å². The number of rotatable bonds is 2. The molecule has 1 heterocycles. The van der Waals surface area contributed by atoms with Crippen molar-refractivity contribution in [1.29, 1.82) is 0 Å². The van der Waals surface area contributed by atoms with Crippen LogP contribution in [0.5, 0.6) is 0 Å². The minimum absolute atomic E-state index is 0.262. The third kappa shape index (κ3) is 2.53. The van der Waals surface area contributed by atoms with Crippen LogP contribution >= 0.6 is 0 Å². The topological polar surface area (TPSA) is 77.8 Å². The van der Waals surface area contributed by atoms with Crippen molar-refractivity contribution in [3.63, 3.8) is 0 Å². The molecule has 1 amide bonds. The molecule has 0 saturated carbocycles. The van der Waals surface area contributed by atoms with Crippen LogP contribution < -0.4 is 11.0 Å². The minimum atomic E-state index is -4.90. The number of H-pyrrole nitrogens is 2. The zero-order valence-corrected chi connectivity index (χ0v) is 8.89. The molecule has 0 aliphatic heterocycles. The molecule has 96 valence electrons. The van der Waals surface area contributed by atoms with Crippen molar-refractivity contribution < 1.29 is 18.0 Å².